The summed E-state index contributed by atoms with van der Waals surface area (Å²) in [6.07, 6.45) is 12.3. The number of ketones is 1. The summed E-state index contributed by atoms with van der Waals surface area (Å²) >= 11 is 0. The molecule has 0 radical (unpaired) electrons. The van der Waals surface area contributed by atoms with Crippen LogP contribution in [0.3, 0.4) is 0 Å². The van der Waals surface area contributed by atoms with Crippen LogP contribution in [0.4, 0.5) is 0 Å². The molecule has 2 aromatic carbocycles. The number of benzene rings is 2. The van der Waals surface area contributed by atoms with E-state index in [-0.39, 0.29) is 5.78 Å². The number of rotatable bonds is 9. The first kappa shape index (κ1) is 25.5. The summed E-state index contributed by atoms with van der Waals surface area (Å²) in [5, 5.41) is 19.2. The van der Waals surface area contributed by atoms with Crippen LogP contribution in [0.5, 0.6) is 0 Å². The molecule has 6 nitrogen and oxygen atoms in total. The lowest BCUT2D eigenvalue weighted by molar-refractivity contribution is -0.134. The molecule has 1 heterocycles. The molecule has 0 saturated carbocycles. The van der Waals surface area contributed by atoms with Gasteiger partial charge in [-0.25, -0.2) is 9.59 Å². The molecule has 2 aromatic rings. The van der Waals surface area contributed by atoms with Crippen LogP contribution in [0, 0.1) is 0 Å². The van der Waals surface area contributed by atoms with Crippen molar-refractivity contribution in [2.45, 2.75) is 31.7 Å². The fraction of sp³-hybridized carbons (Fsp3) is 0.222. The highest BCUT2D eigenvalue weighted by Crippen LogP contribution is 2.26. The van der Waals surface area contributed by atoms with E-state index in [9.17, 15) is 14.4 Å². The van der Waals surface area contributed by atoms with Gasteiger partial charge in [0.2, 0.25) is 0 Å². The highest BCUT2D eigenvalue weighted by Gasteiger charge is 2.18. The monoisotopic (exact) mass is 447 g/mol. The largest absolute Gasteiger partial charge is 0.478 e. The lowest BCUT2D eigenvalue weighted by Crippen LogP contribution is -2.15. The minimum absolute atomic E-state index is 0.173. The Labute approximate surface area is 194 Å². The summed E-state index contributed by atoms with van der Waals surface area (Å²) in [7, 11) is 0. The molecule has 1 atom stereocenters. The summed E-state index contributed by atoms with van der Waals surface area (Å²) in [6, 6.07) is 19.1. The molecule has 1 aliphatic rings. The van der Waals surface area contributed by atoms with Crippen LogP contribution < -0.4 is 5.32 Å². The minimum atomic E-state index is -1.26. The van der Waals surface area contributed by atoms with Gasteiger partial charge < -0.3 is 15.5 Å². The van der Waals surface area contributed by atoms with Gasteiger partial charge in [-0.2, -0.15) is 0 Å². The number of carbonyl (C=O) groups excluding carboxylic acids is 1. The van der Waals surface area contributed by atoms with E-state index in [2.05, 4.69) is 29.6 Å². The zero-order valence-corrected chi connectivity index (χ0v) is 18.4. The number of hydrogen-bond acceptors (Lipinski definition) is 4. The standard InChI is InChI=1S/C23H25NO.C4H4O4/c25-21(13-6-4-11-19-9-2-1-3-10-19)17-16-20-12-5-7-14-22(20)23-15-8-18-24-23;5-3(6)1-2-4(7)8/h1-7,9-14,23-24H,8,15-18H2;1-2H,(H,5,6)(H,7,8). The second-order valence-electron chi connectivity index (χ2n) is 7.45. The van der Waals surface area contributed by atoms with Crippen molar-refractivity contribution in [3.05, 3.63) is 102 Å². The van der Waals surface area contributed by atoms with Crippen molar-refractivity contribution in [3.63, 3.8) is 0 Å². The first-order valence-corrected chi connectivity index (χ1v) is 10.8. The Bertz CT molecular complexity index is 986. The highest BCUT2D eigenvalue weighted by atomic mass is 16.4. The quantitative estimate of drug-likeness (QED) is 0.384. The number of carboxylic acids is 2. The van der Waals surface area contributed by atoms with Gasteiger partial charge in [0.1, 0.15) is 0 Å². The van der Waals surface area contributed by atoms with E-state index in [1.807, 2.05) is 48.6 Å². The van der Waals surface area contributed by atoms with Crippen LogP contribution in [0.2, 0.25) is 0 Å². The summed E-state index contributed by atoms with van der Waals surface area (Å²) in [6.45, 7) is 1.09. The van der Waals surface area contributed by atoms with Crippen molar-refractivity contribution in [1.29, 1.82) is 0 Å². The van der Waals surface area contributed by atoms with Crippen molar-refractivity contribution in [2.75, 3.05) is 6.54 Å². The fourth-order valence-corrected chi connectivity index (χ4v) is 3.43. The average Bonchev–Trinajstić information content (AvgIpc) is 3.35. The molecule has 1 unspecified atom stereocenters. The summed E-state index contributed by atoms with van der Waals surface area (Å²) in [4.78, 5) is 31.2. The number of nitrogens with one attached hydrogen (secondary N) is 1. The molecule has 172 valence electrons. The number of hydrogen-bond donors (Lipinski definition) is 3. The molecule has 1 saturated heterocycles. The second kappa shape index (κ2) is 14.3. The van der Waals surface area contributed by atoms with Crippen molar-refractivity contribution in [2.24, 2.45) is 0 Å². The molecule has 3 rings (SSSR count). The van der Waals surface area contributed by atoms with Gasteiger partial charge in [0, 0.05) is 24.6 Å². The van der Waals surface area contributed by atoms with Gasteiger partial charge in [0.15, 0.2) is 5.78 Å². The van der Waals surface area contributed by atoms with Gasteiger partial charge in [-0.1, -0.05) is 72.8 Å². The molecular formula is C27H29NO5. The van der Waals surface area contributed by atoms with Gasteiger partial charge in [-0.05, 0) is 48.6 Å². The van der Waals surface area contributed by atoms with Crippen LogP contribution >= 0.6 is 0 Å². The van der Waals surface area contributed by atoms with Crippen molar-refractivity contribution in [1.82, 2.24) is 5.32 Å². The number of aliphatic carboxylic acids is 2. The molecule has 6 heteroatoms. The number of aryl methyl sites for hydroxylation is 1. The predicted molar refractivity (Wildman–Crippen MR) is 129 cm³/mol. The van der Waals surface area contributed by atoms with Crippen LogP contribution in [-0.4, -0.2) is 34.5 Å². The third-order valence-electron chi connectivity index (χ3n) is 4.98. The van der Waals surface area contributed by atoms with Crippen LogP contribution in [0.25, 0.3) is 6.08 Å². The van der Waals surface area contributed by atoms with E-state index >= 15 is 0 Å². The molecular weight excluding hydrogens is 418 g/mol. The van der Waals surface area contributed by atoms with Gasteiger partial charge in [0.25, 0.3) is 0 Å². The maximum Gasteiger partial charge on any atom is 0.328 e. The Morgan fingerprint density at radius 1 is 0.879 bits per heavy atom. The summed E-state index contributed by atoms with van der Waals surface area (Å²) < 4.78 is 0. The van der Waals surface area contributed by atoms with Crippen LogP contribution in [0.1, 0.15) is 42.0 Å². The molecule has 3 N–H and O–H groups in total. The zero-order chi connectivity index (χ0) is 23.9. The maximum absolute atomic E-state index is 12.1. The SMILES string of the molecule is O=C(C=CC=Cc1ccccc1)CCc1ccccc1C1CCCN1.O=C(O)C=CC(=O)O. The first-order valence-electron chi connectivity index (χ1n) is 10.8. The Hall–Kier alpha value is -3.77. The molecule has 0 amide bonds. The fourth-order valence-electron chi connectivity index (χ4n) is 3.43. The Morgan fingerprint density at radius 3 is 2.18 bits per heavy atom. The van der Waals surface area contributed by atoms with E-state index in [1.165, 1.54) is 24.0 Å². The van der Waals surface area contributed by atoms with E-state index in [0.29, 0.717) is 24.6 Å². The van der Waals surface area contributed by atoms with Gasteiger partial charge in [0.05, 0.1) is 0 Å². The molecule has 0 spiro atoms. The Balaban J connectivity index is 0.000000414. The third kappa shape index (κ3) is 10.4. The molecule has 0 aromatic heterocycles. The van der Waals surface area contributed by atoms with E-state index in [0.717, 1.165) is 18.5 Å². The number of carboxylic acid groups (broad SMARTS) is 2. The number of allylic oxidation sites excluding steroid dienone is 3. The van der Waals surface area contributed by atoms with E-state index in [4.69, 9.17) is 10.2 Å². The Morgan fingerprint density at radius 2 is 1.55 bits per heavy atom. The van der Waals surface area contributed by atoms with Crippen molar-refractivity contribution >= 4 is 23.8 Å². The van der Waals surface area contributed by atoms with E-state index < -0.39 is 11.9 Å². The molecule has 1 fully saturated rings. The topological polar surface area (TPSA) is 104 Å². The van der Waals surface area contributed by atoms with Gasteiger partial charge >= 0.3 is 11.9 Å². The average molecular weight is 448 g/mol. The van der Waals surface area contributed by atoms with Crippen molar-refractivity contribution < 1.29 is 24.6 Å². The number of carbonyl (C=O) groups is 3. The maximum atomic E-state index is 12.1. The summed E-state index contributed by atoms with van der Waals surface area (Å²) in [5.74, 6) is -2.34. The predicted octanol–water partition coefficient (Wildman–Crippen LogP) is 4.59. The molecule has 0 aliphatic carbocycles. The smallest absolute Gasteiger partial charge is 0.328 e. The molecule has 1 aliphatic heterocycles. The summed E-state index contributed by atoms with van der Waals surface area (Å²) in [5.41, 5.74) is 3.79. The van der Waals surface area contributed by atoms with Crippen molar-refractivity contribution in [3.8, 4) is 0 Å². The first-order chi connectivity index (χ1) is 16.0. The zero-order valence-electron chi connectivity index (χ0n) is 18.4. The Kier molecular flexibility index (Phi) is 11.1. The van der Waals surface area contributed by atoms with Crippen LogP contribution in [-0.2, 0) is 20.8 Å². The van der Waals surface area contributed by atoms with E-state index in [1.54, 1.807) is 6.08 Å². The lowest BCUT2D eigenvalue weighted by Gasteiger charge is -2.15. The normalized spacial score (nSPS) is 15.6. The molecule has 33 heavy (non-hydrogen) atoms. The third-order valence-corrected chi connectivity index (χ3v) is 4.98. The highest BCUT2D eigenvalue weighted by molar-refractivity contribution is 5.90. The van der Waals surface area contributed by atoms with Crippen LogP contribution in [0.15, 0.2) is 85.0 Å². The molecule has 0 bridgehead atoms. The minimum Gasteiger partial charge on any atom is -0.478 e. The van der Waals surface area contributed by atoms with Gasteiger partial charge in [-0.3, -0.25) is 4.79 Å². The second-order valence-corrected chi connectivity index (χ2v) is 7.45. The van der Waals surface area contributed by atoms with Gasteiger partial charge in [-0.15, -0.1) is 0 Å². The lowest BCUT2D eigenvalue weighted by atomic mass is 9.95.